The number of hydrogen-bond donors (Lipinski definition) is 2. The number of rotatable bonds is 8. The fourth-order valence-electron chi connectivity index (χ4n) is 2.89. The van der Waals surface area contributed by atoms with Crippen molar-refractivity contribution in [1.29, 1.82) is 0 Å². The molecule has 0 aliphatic carbocycles. The van der Waals surface area contributed by atoms with E-state index in [0.717, 1.165) is 30.1 Å². The van der Waals surface area contributed by atoms with Crippen molar-refractivity contribution >= 4 is 17.3 Å². The first-order valence-corrected chi connectivity index (χ1v) is 9.11. The van der Waals surface area contributed by atoms with Crippen LogP contribution in [-0.2, 0) is 6.42 Å². The molecule has 5 nitrogen and oxygen atoms in total. The monoisotopic (exact) mass is 376 g/mol. The maximum absolute atomic E-state index is 12.4. The fraction of sp³-hybridized carbons (Fsp3) is 0.174. The number of benzene rings is 3. The van der Waals surface area contributed by atoms with E-state index in [-0.39, 0.29) is 5.91 Å². The van der Waals surface area contributed by atoms with Crippen LogP contribution >= 0.6 is 0 Å². The van der Waals surface area contributed by atoms with Gasteiger partial charge in [0.2, 0.25) is 0 Å². The van der Waals surface area contributed by atoms with Gasteiger partial charge in [0.15, 0.2) is 0 Å². The van der Waals surface area contributed by atoms with Gasteiger partial charge in [-0.3, -0.25) is 4.79 Å². The van der Waals surface area contributed by atoms with Crippen LogP contribution in [0.1, 0.15) is 15.9 Å². The van der Waals surface area contributed by atoms with Crippen LogP contribution < -0.4 is 20.1 Å². The van der Waals surface area contributed by atoms with Crippen LogP contribution in [0.15, 0.2) is 72.8 Å². The molecule has 144 valence electrons. The van der Waals surface area contributed by atoms with E-state index >= 15 is 0 Å². The zero-order valence-electron chi connectivity index (χ0n) is 16.1. The fourth-order valence-corrected chi connectivity index (χ4v) is 2.89. The molecule has 0 spiro atoms. The molecule has 28 heavy (non-hydrogen) atoms. The van der Waals surface area contributed by atoms with Gasteiger partial charge in [0, 0.05) is 23.5 Å². The summed E-state index contributed by atoms with van der Waals surface area (Å²) < 4.78 is 10.5. The van der Waals surface area contributed by atoms with Crippen molar-refractivity contribution in [2.24, 2.45) is 0 Å². The summed E-state index contributed by atoms with van der Waals surface area (Å²) in [6, 6.07) is 22.7. The van der Waals surface area contributed by atoms with Crippen molar-refractivity contribution in [3.05, 3.63) is 83.9 Å². The lowest BCUT2D eigenvalue weighted by Crippen LogP contribution is -2.12. The van der Waals surface area contributed by atoms with Gasteiger partial charge in [0.1, 0.15) is 11.5 Å². The lowest BCUT2D eigenvalue weighted by molar-refractivity contribution is 0.102. The van der Waals surface area contributed by atoms with Gasteiger partial charge in [-0.25, -0.2) is 0 Å². The SMILES string of the molecule is COc1cccc(C(=O)Nc2ccc(NCCc3ccccc3OC)cc2)c1. The lowest BCUT2D eigenvalue weighted by Gasteiger charge is -2.11. The largest absolute Gasteiger partial charge is 0.497 e. The molecule has 0 aliphatic heterocycles. The number of carbonyl (C=O) groups excluding carboxylic acids is 1. The zero-order valence-corrected chi connectivity index (χ0v) is 16.1. The second-order valence-electron chi connectivity index (χ2n) is 6.25. The highest BCUT2D eigenvalue weighted by molar-refractivity contribution is 6.04. The van der Waals surface area contributed by atoms with E-state index in [1.165, 1.54) is 5.56 Å². The molecule has 0 saturated carbocycles. The van der Waals surface area contributed by atoms with Crippen LogP contribution in [0, 0.1) is 0 Å². The Kier molecular flexibility index (Phi) is 6.52. The lowest BCUT2D eigenvalue weighted by atomic mass is 10.1. The number of nitrogens with one attached hydrogen (secondary N) is 2. The number of hydrogen-bond acceptors (Lipinski definition) is 4. The molecule has 5 heteroatoms. The van der Waals surface area contributed by atoms with Gasteiger partial charge in [-0.1, -0.05) is 24.3 Å². The molecule has 3 aromatic carbocycles. The third kappa shape index (κ3) is 5.04. The summed E-state index contributed by atoms with van der Waals surface area (Å²) in [5, 5.41) is 6.28. The summed E-state index contributed by atoms with van der Waals surface area (Å²) in [5.74, 6) is 1.39. The molecule has 0 aromatic heterocycles. The van der Waals surface area contributed by atoms with Crippen LogP contribution in [0.5, 0.6) is 11.5 Å². The smallest absolute Gasteiger partial charge is 0.255 e. The quantitative estimate of drug-likeness (QED) is 0.603. The summed E-state index contributed by atoms with van der Waals surface area (Å²) in [7, 11) is 3.27. The maximum atomic E-state index is 12.4. The molecule has 0 unspecified atom stereocenters. The standard InChI is InChI=1S/C23H24N2O3/c1-27-21-8-5-7-18(16-21)23(26)25-20-12-10-19(11-13-20)24-15-14-17-6-3-4-9-22(17)28-2/h3-13,16,24H,14-15H2,1-2H3,(H,25,26). The second kappa shape index (κ2) is 9.46. The zero-order chi connectivity index (χ0) is 19.8. The Morgan fingerprint density at radius 2 is 1.61 bits per heavy atom. The molecule has 0 fully saturated rings. The number of carbonyl (C=O) groups is 1. The molecular weight excluding hydrogens is 352 g/mol. The van der Waals surface area contributed by atoms with Gasteiger partial charge >= 0.3 is 0 Å². The molecule has 3 aromatic rings. The molecule has 0 atom stereocenters. The van der Waals surface area contributed by atoms with Crippen molar-refractivity contribution in [3.8, 4) is 11.5 Å². The van der Waals surface area contributed by atoms with Crippen LogP contribution in [0.25, 0.3) is 0 Å². The molecular formula is C23H24N2O3. The van der Waals surface area contributed by atoms with Crippen molar-refractivity contribution in [1.82, 2.24) is 0 Å². The van der Waals surface area contributed by atoms with Crippen LogP contribution in [0.3, 0.4) is 0 Å². The number of para-hydroxylation sites is 1. The van der Waals surface area contributed by atoms with Crippen molar-refractivity contribution in [3.63, 3.8) is 0 Å². The number of ether oxygens (including phenoxy) is 2. The average molecular weight is 376 g/mol. The van der Waals surface area contributed by atoms with E-state index in [1.807, 2.05) is 48.5 Å². The summed E-state index contributed by atoms with van der Waals surface area (Å²) in [6.45, 7) is 0.788. The minimum Gasteiger partial charge on any atom is -0.497 e. The molecule has 0 aliphatic rings. The Morgan fingerprint density at radius 3 is 2.36 bits per heavy atom. The number of methoxy groups -OCH3 is 2. The van der Waals surface area contributed by atoms with Gasteiger partial charge in [0.05, 0.1) is 14.2 Å². The third-order valence-electron chi connectivity index (χ3n) is 4.39. The number of amides is 1. The van der Waals surface area contributed by atoms with E-state index in [0.29, 0.717) is 11.3 Å². The first-order valence-electron chi connectivity index (χ1n) is 9.11. The highest BCUT2D eigenvalue weighted by Crippen LogP contribution is 2.19. The Hall–Kier alpha value is -3.47. The summed E-state index contributed by atoms with van der Waals surface area (Å²) in [5.41, 5.74) is 3.45. The van der Waals surface area contributed by atoms with E-state index in [4.69, 9.17) is 9.47 Å². The third-order valence-corrected chi connectivity index (χ3v) is 4.39. The van der Waals surface area contributed by atoms with Crippen molar-refractivity contribution < 1.29 is 14.3 Å². The molecule has 0 heterocycles. The Bertz CT molecular complexity index is 923. The summed E-state index contributed by atoms with van der Waals surface area (Å²) in [4.78, 5) is 12.4. The molecule has 0 bridgehead atoms. The highest BCUT2D eigenvalue weighted by Gasteiger charge is 2.07. The van der Waals surface area contributed by atoms with Gasteiger partial charge in [-0.2, -0.15) is 0 Å². The summed E-state index contributed by atoms with van der Waals surface area (Å²) >= 11 is 0. The van der Waals surface area contributed by atoms with Crippen molar-refractivity contribution in [2.45, 2.75) is 6.42 Å². The van der Waals surface area contributed by atoms with Gasteiger partial charge in [-0.15, -0.1) is 0 Å². The Labute approximate surface area is 165 Å². The molecule has 1 amide bonds. The normalized spacial score (nSPS) is 10.2. The number of anilines is 2. The van der Waals surface area contributed by atoms with E-state index < -0.39 is 0 Å². The van der Waals surface area contributed by atoms with E-state index in [9.17, 15) is 4.79 Å². The topological polar surface area (TPSA) is 59.6 Å². The van der Waals surface area contributed by atoms with E-state index in [1.54, 1.807) is 32.4 Å². The summed E-state index contributed by atoms with van der Waals surface area (Å²) in [6.07, 6.45) is 0.859. The maximum Gasteiger partial charge on any atom is 0.255 e. The minimum atomic E-state index is -0.171. The van der Waals surface area contributed by atoms with Gasteiger partial charge < -0.3 is 20.1 Å². The van der Waals surface area contributed by atoms with Crippen LogP contribution in [0.2, 0.25) is 0 Å². The first kappa shape index (κ1) is 19.3. The van der Waals surface area contributed by atoms with Crippen molar-refractivity contribution in [2.75, 3.05) is 31.4 Å². The molecule has 0 radical (unpaired) electrons. The van der Waals surface area contributed by atoms with Gasteiger partial charge in [0.25, 0.3) is 5.91 Å². The van der Waals surface area contributed by atoms with E-state index in [2.05, 4.69) is 16.7 Å². The Morgan fingerprint density at radius 1 is 0.857 bits per heavy atom. The predicted molar refractivity (Wildman–Crippen MR) is 113 cm³/mol. The highest BCUT2D eigenvalue weighted by atomic mass is 16.5. The molecule has 0 saturated heterocycles. The predicted octanol–water partition coefficient (Wildman–Crippen LogP) is 4.61. The minimum absolute atomic E-state index is 0.171. The van der Waals surface area contributed by atoms with Crippen LogP contribution in [0.4, 0.5) is 11.4 Å². The van der Waals surface area contributed by atoms with Crippen LogP contribution in [-0.4, -0.2) is 26.7 Å². The molecule has 3 rings (SSSR count). The Balaban J connectivity index is 1.54. The average Bonchev–Trinajstić information content (AvgIpc) is 2.75. The first-order chi connectivity index (χ1) is 13.7. The second-order valence-corrected chi connectivity index (χ2v) is 6.25. The van der Waals surface area contributed by atoms with Gasteiger partial charge in [-0.05, 0) is 60.5 Å². The molecule has 2 N–H and O–H groups in total.